The van der Waals surface area contributed by atoms with Crippen molar-refractivity contribution in [3.8, 4) is 5.75 Å². The zero-order chi connectivity index (χ0) is 9.19. The van der Waals surface area contributed by atoms with Crippen molar-refractivity contribution in [2.24, 2.45) is 0 Å². The molecule has 0 saturated carbocycles. The maximum Gasteiger partial charge on any atom is 0.434 e. The molecule has 1 rings (SSSR count). The molecular weight excluding hydrogens is 173 g/mol. The van der Waals surface area contributed by atoms with Crippen molar-refractivity contribution in [3.63, 3.8) is 0 Å². The molecule has 2 nitrogen and oxygen atoms in total. The van der Waals surface area contributed by atoms with Gasteiger partial charge in [0.25, 0.3) is 0 Å². The van der Waals surface area contributed by atoms with Gasteiger partial charge in [-0.3, -0.25) is 4.11 Å². The molecule has 0 unspecified atom stereocenters. The number of anilines is 1. The third-order valence-electron chi connectivity index (χ3n) is 1.24. The molecule has 2 N–H and O–H groups in total. The van der Waals surface area contributed by atoms with Crippen molar-refractivity contribution >= 4 is 14.3 Å². The Kier molecular flexibility index (Phi) is 2.37. The van der Waals surface area contributed by atoms with Crippen molar-refractivity contribution < 1.29 is 8.53 Å². The molecule has 0 amide bonds. The molecule has 0 radical (unpaired) electrons. The van der Waals surface area contributed by atoms with Gasteiger partial charge < -0.3 is 10.2 Å². The van der Waals surface area contributed by atoms with E-state index in [9.17, 15) is 4.11 Å². The van der Waals surface area contributed by atoms with E-state index in [1.807, 2.05) is 0 Å². The number of hydrogen-bond donors (Lipinski definition) is 1. The lowest BCUT2D eigenvalue weighted by atomic mass is 10.3. The second-order valence-corrected chi connectivity index (χ2v) is 5.97. The molecule has 0 atom stereocenters. The van der Waals surface area contributed by atoms with Crippen molar-refractivity contribution in [1.82, 2.24) is 0 Å². The molecule has 66 valence electrons. The van der Waals surface area contributed by atoms with Crippen molar-refractivity contribution in [3.05, 3.63) is 24.3 Å². The van der Waals surface area contributed by atoms with E-state index in [0.29, 0.717) is 11.4 Å². The molecule has 0 aliphatic heterocycles. The van der Waals surface area contributed by atoms with Gasteiger partial charge in [0.15, 0.2) is 0 Å². The highest BCUT2D eigenvalue weighted by atomic mass is 28.4. The van der Waals surface area contributed by atoms with Crippen molar-refractivity contribution in [2.45, 2.75) is 13.1 Å². The van der Waals surface area contributed by atoms with Gasteiger partial charge in [-0.15, -0.1) is 0 Å². The number of halogens is 1. The van der Waals surface area contributed by atoms with Crippen LogP contribution in [0.4, 0.5) is 9.80 Å². The molecule has 0 aliphatic carbocycles. The molecule has 0 heterocycles. The van der Waals surface area contributed by atoms with Gasteiger partial charge in [-0.2, -0.15) is 0 Å². The number of nitrogens with two attached hydrogens (primary N) is 1. The SMILES string of the molecule is C[Si](C)(F)Oc1ccc(N)cc1. The maximum atomic E-state index is 13.1. The van der Waals surface area contributed by atoms with Crippen LogP contribution < -0.4 is 10.2 Å². The molecule has 0 fully saturated rings. The van der Waals surface area contributed by atoms with E-state index < -0.39 is 8.65 Å². The van der Waals surface area contributed by atoms with Crippen LogP contribution in [0.2, 0.25) is 13.1 Å². The van der Waals surface area contributed by atoms with Crippen LogP contribution in [0.25, 0.3) is 0 Å². The summed E-state index contributed by atoms with van der Waals surface area (Å²) < 4.78 is 18.1. The van der Waals surface area contributed by atoms with Crippen LogP contribution in [-0.2, 0) is 0 Å². The van der Waals surface area contributed by atoms with Gasteiger partial charge >= 0.3 is 8.65 Å². The second kappa shape index (κ2) is 3.14. The summed E-state index contributed by atoms with van der Waals surface area (Å²) in [7, 11) is -2.96. The summed E-state index contributed by atoms with van der Waals surface area (Å²) in [6, 6.07) is 6.72. The number of rotatable bonds is 2. The minimum absolute atomic E-state index is 0.545. The minimum atomic E-state index is -2.96. The lowest BCUT2D eigenvalue weighted by Gasteiger charge is -2.14. The standard InChI is InChI=1S/C8H12FNOSi/c1-12(2,9)11-8-5-3-7(10)4-6-8/h3-6H,10H2,1-2H3. The predicted octanol–water partition coefficient (Wildman–Crippen LogP) is 2.32. The van der Waals surface area contributed by atoms with Crippen LogP contribution in [-0.4, -0.2) is 8.65 Å². The highest BCUT2D eigenvalue weighted by Crippen LogP contribution is 2.17. The van der Waals surface area contributed by atoms with Crippen LogP contribution in [0.15, 0.2) is 24.3 Å². The Morgan fingerprint density at radius 1 is 1.25 bits per heavy atom. The molecule has 0 spiro atoms. The van der Waals surface area contributed by atoms with Crippen LogP contribution in [0.3, 0.4) is 0 Å². The first-order chi connectivity index (χ1) is 5.47. The molecule has 4 heteroatoms. The molecule has 0 saturated heterocycles. The fourth-order valence-electron chi connectivity index (χ4n) is 0.816. The summed E-state index contributed by atoms with van der Waals surface area (Å²) in [6.45, 7) is 2.98. The highest BCUT2D eigenvalue weighted by molar-refractivity contribution is 6.64. The van der Waals surface area contributed by atoms with E-state index in [4.69, 9.17) is 10.2 Å². The Balaban J connectivity index is 2.71. The first-order valence-electron chi connectivity index (χ1n) is 3.71. The third kappa shape index (κ3) is 2.92. The number of nitrogen functional groups attached to an aromatic ring is 1. The first kappa shape index (κ1) is 9.06. The highest BCUT2D eigenvalue weighted by Gasteiger charge is 2.23. The van der Waals surface area contributed by atoms with Gasteiger partial charge in [0.2, 0.25) is 0 Å². The van der Waals surface area contributed by atoms with Gasteiger partial charge in [0.1, 0.15) is 5.75 Å². The smallest absolute Gasteiger partial charge is 0.434 e. The summed E-state index contributed by atoms with van der Waals surface area (Å²) in [5.74, 6) is 0.545. The summed E-state index contributed by atoms with van der Waals surface area (Å²) in [4.78, 5) is 0. The van der Waals surface area contributed by atoms with E-state index in [-0.39, 0.29) is 0 Å². The van der Waals surface area contributed by atoms with Gasteiger partial charge in [-0.1, -0.05) is 0 Å². The van der Waals surface area contributed by atoms with Crippen LogP contribution in [0.5, 0.6) is 5.75 Å². The van der Waals surface area contributed by atoms with E-state index in [1.165, 1.54) is 13.1 Å². The van der Waals surface area contributed by atoms with E-state index in [1.54, 1.807) is 24.3 Å². The summed E-state index contributed by atoms with van der Waals surface area (Å²) in [5, 5.41) is 0. The van der Waals surface area contributed by atoms with Gasteiger partial charge in [0.05, 0.1) is 0 Å². The largest absolute Gasteiger partial charge is 0.518 e. The summed E-state index contributed by atoms with van der Waals surface area (Å²) >= 11 is 0. The molecule has 1 aromatic rings. The number of hydrogen-bond acceptors (Lipinski definition) is 2. The predicted molar refractivity (Wildman–Crippen MR) is 50.1 cm³/mol. The Morgan fingerprint density at radius 3 is 2.17 bits per heavy atom. The van der Waals surface area contributed by atoms with Crippen molar-refractivity contribution in [1.29, 1.82) is 0 Å². The average molecular weight is 185 g/mol. The Bertz CT molecular complexity index is 255. The molecule has 0 aliphatic rings. The third-order valence-corrected chi connectivity index (χ3v) is 1.96. The molecular formula is C8H12FNOSi. The fraction of sp³-hybridized carbons (Fsp3) is 0.250. The average Bonchev–Trinajstić information content (AvgIpc) is 1.91. The maximum absolute atomic E-state index is 13.1. The van der Waals surface area contributed by atoms with Crippen molar-refractivity contribution in [2.75, 3.05) is 5.73 Å². The summed E-state index contributed by atoms with van der Waals surface area (Å²) in [5.41, 5.74) is 6.11. The Morgan fingerprint density at radius 2 is 1.75 bits per heavy atom. The topological polar surface area (TPSA) is 35.2 Å². The molecule has 1 aromatic carbocycles. The normalized spacial score (nSPS) is 11.2. The second-order valence-electron chi connectivity index (χ2n) is 3.03. The van der Waals surface area contributed by atoms with Crippen LogP contribution in [0, 0.1) is 0 Å². The van der Waals surface area contributed by atoms with E-state index >= 15 is 0 Å². The van der Waals surface area contributed by atoms with Gasteiger partial charge in [-0.25, -0.2) is 0 Å². The van der Waals surface area contributed by atoms with Crippen LogP contribution >= 0.6 is 0 Å². The zero-order valence-corrected chi connectivity index (χ0v) is 8.17. The minimum Gasteiger partial charge on any atom is -0.518 e. The summed E-state index contributed by atoms with van der Waals surface area (Å²) in [6.07, 6.45) is 0. The lowest BCUT2D eigenvalue weighted by Crippen LogP contribution is -2.27. The lowest BCUT2D eigenvalue weighted by molar-refractivity contribution is 0.477. The Hall–Kier alpha value is -1.03. The van der Waals surface area contributed by atoms with E-state index in [0.717, 1.165) is 0 Å². The van der Waals surface area contributed by atoms with Gasteiger partial charge in [-0.05, 0) is 37.4 Å². The Labute approximate surface area is 72.5 Å². The number of benzene rings is 1. The first-order valence-corrected chi connectivity index (χ1v) is 6.49. The van der Waals surface area contributed by atoms with E-state index in [2.05, 4.69) is 0 Å². The zero-order valence-electron chi connectivity index (χ0n) is 7.17. The quantitative estimate of drug-likeness (QED) is 0.436. The molecule has 0 aromatic heterocycles. The molecule has 0 bridgehead atoms. The van der Waals surface area contributed by atoms with Crippen LogP contribution in [0.1, 0.15) is 0 Å². The molecule has 12 heavy (non-hydrogen) atoms. The monoisotopic (exact) mass is 185 g/mol. The van der Waals surface area contributed by atoms with Gasteiger partial charge in [0, 0.05) is 5.69 Å². The fourth-order valence-corrected chi connectivity index (χ4v) is 1.51.